The molecule has 3 aromatic rings. The highest BCUT2D eigenvalue weighted by molar-refractivity contribution is 7.89. The molecule has 9 nitrogen and oxygen atoms in total. The van der Waals surface area contributed by atoms with Crippen LogP contribution in [0.4, 0.5) is 13.2 Å². The Morgan fingerprint density at radius 1 is 1.06 bits per heavy atom. The van der Waals surface area contributed by atoms with E-state index >= 15 is 0 Å². The van der Waals surface area contributed by atoms with E-state index in [2.05, 4.69) is 20.6 Å². The van der Waals surface area contributed by atoms with Crippen LogP contribution in [0, 0.1) is 0 Å². The molecule has 14 heteroatoms. The number of alkyl halides is 3. The molecule has 0 radical (unpaired) electrons. The first-order valence-electron chi connectivity index (χ1n) is 9.57. The first-order valence-corrected chi connectivity index (χ1v) is 11.4. The number of carbonyl (C=O) groups is 1. The van der Waals surface area contributed by atoms with Crippen LogP contribution in [0.1, 0.15) is 15.9 Å². The molecule has 1 amide bonds. The topological polar surface area (TPSA) is 112 Å². The number of carbonyl (C=O) groups excluding carboxylic acids is 1. The Labute approximate surface area is 191 Å². The van der Waals surface area contributed by atoms with Gasteiger partial charge in [0.15, 0.2) is 0 Å². The highest BCUT2D eigenvalue weighted by Gasteiger charge is 2.33. The van der Waals surface area contributed by atoms with Gasteiger partial charge in [-0.3, -0.25) is 4.79 Å². The zero-order chi connectivity index (χ0) is 23.8. The van der Waals surface area contributed by atoms with E-state index in [4.69, 9.17) is 11.6 Å². The lowest BCUT2D eigenvalue weighted by Gasteiger charge is -2.34. The highest BCUT2D eigenvalue weighted by atomic mass is 35.5. The number of amides is 1. The standard InChI is InChI=1S/C19H16ClF3N6O3S/c20-16-5-4-14(11-15(16)17-24-26-27-25-17)33(31,32)29-8-6-28(7-9-29)18(30)12-2-1-3-13(10-12)19(21,22)23/h1-5,10-11H,6-9H2,(H,24,25,26,27). The van der Waals surface area contributed by atoms with Crippen LogP contribution in [0.5, 0.6) is 0 Å². The number of benzene rings is 2. The van der Waals surface area contributed by atoms with Gasteiger partial charge in [0.25, 0.3) is 5.91 Å². The lowest BCUT2D eigenvalue weighted by molar-refractivity contribution is -0.137. The SMILES string of the molecule is O=C(c1cccc(C(F)(F)F)c1)N1CCN(S(=O)(=O)c2ccc(Cl)c(-c3nn[nH]n3)c2)CC1. The van der Waals surface area contributed by atoms with Gasteiger partial charge in [0.05, 0.1) is 15.5 Å². The van der Waals surface area contributed by atoms with Gasteiger partial charge in [-0.15, -0.1) is 10.2 Å². The van der Waals surface area contributed by atoms with Gasteiger partial charge in [-0.2, -0.15) is 22.7 Å². The van der Waals surface area contributed by atoms with Gasteiger partial charge in [0.1, 0.15) is 0 Å². The van der Waals surface area contributed by atoms with Crippen molar-refractivity contribution in [1.82, 2.24) is 29.8 Å². The van der Waals surface area contributed by atoms with E-state index in [9.17, 15) is 26.4 Å². The summed E-state index contributed by atoms with van der Waals surface area (Å²) in [5.74, 6) is -0.461. The van der Waals surface area contributed by atoms with Crippen molar-refractivity contribution in [2.75, 3.05) is 26.2 Å². The second kappa shape index (κ2) is 8.72. The molecule has 2 heterocycles. The Bertz CT molecular complexity index is 1280. The molecule has 1 N–H and O–H groups in total. The minimum absolute atomic E-state index is 0.0206. The van der Waals surface area contributed by atoms with Crippen molar-refractivity contribution in [2.45, 2.75) is 11.1 Å². The lowest BCUT2D eigenvalue weighted by Crippen LogP contribution is -2.50. The molecule has 0 saturated carbocycles. The molecular weight excluding hydrogens is 485 g/mol. The van der Waals surface area contributed by atoms with Gasteiger partial charge < -0.3 is 4.90 Å². The zero-order valence-corrected chi connectivity index (χ0v) is 18.3. The second-order valence-electron chi connectivity index (χ2n) is 7.15. The van der Waals surface area contributed by atoms with Crippen molar-refractivity contribution in [1.29, 1.82) is 0 Å². The van der Waals surface area contributed by atoms with Crippen LogP contribution in [0.3, 0.4) is 0 Å². The van der Waals surface area contributed by atoms with Crippen LogP contribution >= 0.6 is 11.6 Å². The number of aromatic amines is 1. The Hall–Kier alpha value is -3.03. The number of hydrogen-bond donors (Lipinski definition) is 1. The van der Waals surface area contributed by atoms with Gasteiger partial charge in [-0.1, -0.05) is 17.7 Å². The summed E-state index contributed by atoms with van der Waals surface area (Å²) < 4.78 is 66.2. The number of sulfonamides is 1. The maximum absolute atomic E-state index is 13.1. The van der Waals surface area contributed by atoms with Gasteiger partial charge in [0.2, 0.25) is 15.8 Å². The third-order valence-electron chi connectivity index (χ3n) is 5.12. The summed E-state index contributed by atoms with van der Waals surface area (Å²) in [5.41, 5.74) is -0.747. The summed E-state index contributed by atoms with van der Waals surface area (Å²) in [6.45, 7) is 0.0135. The Morgan fingerprint density at radius 2 is 1.79 bits per heavy atom. The maximum atomic E-state index is 13.1. The number of nitrogens with one attached hydrogen (secondary N) is 1. The molecule has 0 atom stereocenters. The van der Waals surface area contributed by atoms with Gasteiger partial charge in [-0.25, -0.2) is 8.42 Å². The van der Waals surface area contributed by atoms with Crippen molar-refractivity contribution in [3.8, 4) is 11.4 Å². The summed E-state index contributed by atoms with van der Waals surface area (Å²) in [6.07, 6.45) is -4.57. The number of H-pyrrole nitrogens is 1. The van der Waals surface area contributed by atoms with Crippen LogP contribution in [0.25, 0.3) is 11.4 Å². The first-order chi connectivity index (χ1) is 15.6. The molecule has 1 aliphatic heterocycles. The molecule has 2 aromatic carbocycles. The average Bonchev–Trinajstić information content (AvgIpc) is 3.33. The summed E-state index contributed by atoms with van der Waals surface area (Å²) in [6, 6.07) is 8.24. The van der Waals surface area contributed by atoms with Crippen molar-refractivity contribution < 1.29 is 26.4 Å². The smallest absolute Gasteiger partial charge is 0.336 e. The fourth-order valence-corrected chi connectivity index (χ4v) is 5.05. The number of tetrazole rings is 1. The maximum Gasteiger partial charge on any atom is 0.416 e. The minimum atomic E-state index is -4.57. The number of nitrogens with zero attached hydrogens (tertiary/aromatic N) is 5. The van der Waals surface area contributed by atoms with Crippen LogP contribution < -0.4 is 0 Å². The van der Waals surface area contributed by atoms with Crippen molar-refractivity contribution >= 4 is 27.5 Å². The fourth-order valence-electron chi connectivity index (χ4n) is 3.40. The molecule has 0 unspecified atom stereocenters. The van der Waals surface area contributed by atoms with E-state index in [1.807, 2.05) is 0 Å². The lowest BCUT2D eigenvalue weighted by atomic mass is 10.1. The number of hydrogen-bond acceptors (Lipinski definition) is 6. The number of rotatable bonds is 4. The molecule has 0 spiro atoms. The number of piperazine rings is 1. The van der Waals surface area contributed by atoms with Crippen LogP contribution in [-0.4, -0.2) is 70.3 Å². The molecule has 0 bridgehead atoms. The zero-order valence-electron chi connectivity index (χ0n) is 16.8. The molecule has 174 valence electrons. The van der Waals surface area contributed by atoms with E-state index in [1.165, 1.54) is 39.5 Å². The van der Waals surface area contributed by atoms with E-state index in [-0.39, 0.29) is 53.0 Å². The Kier molecular flexibility index (Phi) is 6.12. The predicted octanol–water partition coefficient (Wildman–Crippen LogP) is 2.69. The van der Waals surface area contributed by atoms with E-state index in [1.54, 1.807) is 0 Å². The van der Waals surface area contributed by atoms with Gasteiger partial charge >= 0.3 is 6.18 Å². The largest absolute Gasteiger partial charge is 0.416 e. The van der Waals surface area contributed by atoms with Crippen LogP contribution in [-0.2, 0) is 16.2 Å². The molecular formula is C19H16ClF3N6O3S. The summed E-state index contributed by atoms with van der Waals surface area (Å²) >= 11 is 6.13. The van der Waals surface area contributed by atoms with E-state index in [0.29, 0.717) is 0 Å². The fraction of sp³-hybridized carbons (Fsp3) is 0.263. The second-order valence-corrected chi connectivity index (χ2v) is 9.50. The van der Waals surface area contributed by atoms with Crippen molar-refractivity contribution in [3.05, 3.63) is 58.6 Å². The first kappa shape index (κ1) is 23.1. The van der Waals surface area contributed by atoms with E-state index in [0.717, 1.165) is 12.1 Å². The van der Waals surface area contributed by atoms with Crippen LogP contribution in [0.15, 0.2) is 47.4 Å². The molecule has 1 aliphatic rings. The molecule has 1 aromatic heterocycles. The van der Waals surface area contributed by atoms with Crippen molar-refractivity contribution in [3.63, 3.8) is 0 Å². The summed E-state index contributed by atoms with van der Waals surface area (Å²) in [4.78, 5) is 14.0. The predicted molar refractivity (Wildman–Crippen MR) is 111 cm³/mol. The Balaban J connectivity index is 1.49. The van der Waals surface area contributed by atoms with Crippen LogP contribution in [0.2, 0.25) is 5.02 Å². The Morgan fingerprint density at radius 3 is 2.42 bits per heavy atom. The quantitative estimate of drug-likeness (QED) is 0.589. The number of halogens is 4. The molecule has 4 rings (SSSR count). The average molecular weight is 501 g/mol. The molecule has 1 saturated heterocycles. The van der Waals surface area contributed by atoms with Gasteiger partial charge in [-0.05, 0) is 41.6 Å². The molecule has 33 heavy (non-hydrogen) atoms. The molecule has 0 aliphatic carbocycles. The highest BCUT2D eigenvalue weighted by Crippen LogP contribution is 2.31. The van der Waals surface area contributed by atoms with Gasteiger partial charge in [0, 0.05) is 37.3 Å². The minimum Gasteiger partial charge on any atom is -0.336 e. The third kappa shape index (κ3) is 4.70. The monoisotopic (exact) mass is 500 g/mol. The van der Waals surface area contributed by atoms with E-state index < -0.39 is 27.7 Å². The van der Waals surface area contributed by atoms with Crippen molar-refractivity contribution in [2.24, 2.45) is 0 Å². The summed E-state index contributed by atoms with van der Waals surface area (Å²) in [7, 11) is -3.93. The normalized spacial score (nSPS) is 15.6. The summed E-state index contributed by atoms with van der Waals surface area (Å²) in [5, 5.41) is 13.6. The third-order valence-corrected chi connectivity index (χ3v) is 7.35. The molecule has 1 fully saturated rings. The number of aromatic nitrogens is 4.